The lowest BCUT2D eigenvalue weighted by atomic mass is 10.2. The standard InChI is InChI=1S/C6H6F3N3O2S/c7-2-1-12-6(15(11,13)14)3(4(2)10)5(8)9/h1,5H,(H2,10,12)(H2,11,13,14). The Labute approximate surface area is 83.0 Å². The predicted molar refractivity (Wildman–Crippen MR) is 44.9 cm³/mol. The van der Waals surface area contributed by atoms with Gasteiger partial charge in [-0.1, -0.05) is 0 Å². The van der Waals surface area contributed by atoms with Crippen LogP contribution in [-0.4, -0.2) is 13.4 Å². The highest BCUT2D eigenvalue weighted by Gasteiger charge is 2.26. The lowest BCUT2D eigenvalue weighted by Gasteiger charge is -2.09. The van der Waals surface area contributed by atoms with Crippen molar-refractivity contribution < 1.29 is 21.6 Å². The molecule has 0 amide bonds. The Morgan fingerprint density at radius 2 is 1.93 bits per heavy atom. The summed E-state index contributed by atoms with van der Waals surface area (Å²) in [5, 5.41) is 3.50. The lowest BCUT2D eigenvalue weighted by Crippen LogP contribution is -2.18. The van der Waals surface area contributed by atoms with Crippen LogP contribution in [0.2, 0.25) is 0 Å². The Hall–Kier alpha value is -1.35. The summed E-state index contributed by atoms with van der Waals surface area (Å²) in [6.07, 6.45) is -2.86. The molecule has 9 heteroatoms. The van der Waals surface area contributed by atoms with E-state index in [-0.39, 0.29) is 0 Å². The van der Waals surface area contributed by atoms with Crippen LogP contribution in [0.25, 0.3) is 0 Å². The van der Waals surface area contributed by atoms with E-state index in [4.69, 9.17) is 5.73 Å². The fourth-order valence-corrected chi connectivity index (χ4v) is 1.64. The average molecular weight is 241 g/mol. The Bertz CT molecular complexity index is 489. The van der Waals surface area contributed by atoms with Gasteiger partial charge in [-0.25, -0.2) is 31.7 Å². The van der Waals surface area contributed by atoms with Crippen LogP contribution in [0, 0.1) is 5.82 Å². The Morgan fingerprint density at radius 1 is 1.40 bits per heavy atom. The van der Waals surface area contributed by atoms with Gasteiger partial charge in [0.05, 0.1) is 17.4 Å². The SMILES string of the molecule is Nc1c(F)cnc(S(N)(=O)=O)c1C(F)F. The van der Waals surface area contributed by atoms with Gasteiger partial charge in [0.2, 0.25) is 0 Å². The summed E-state index contributed by atoms with van der Waals surface area (Å²) in [5.74, 6) is -1.22. The Morgan fingerprint density at radius 3 is 2.33 bits per heavy atom. The number of hydrogen-bond acceptors (Lipinski definition) is 4. The highest BCUT2D eigenvalue weighted by molar-refractivity contribution is 7.89. The molecule has 0 aliphatic rings. The minimum Gasteiger partial charge on any atom is -0.396 e. The van der Waals surface area contributed by atoms with Gasteiger partial charge in [0.1, 0.15) is 0 Å². The van der Waals surface area contributed by atoms with Crippen molar-refractivity contribution in [3.8, 4) is 0 Å². The number of primary sulfonamides is 1. The van der Waals surface area contributed by atoms with Gasteiger partial charge in [-0.3, -0.25) is 0 Å². The third kappa shape index (κ3) is 2.18. The molecule has 1 heterocycles. The molecular formula is C6H6F3N3O2S. The quantitative estimate of drug-likeness (QED) is 0.782. The number of nitrogen functional groups attached to an aromatic ring is 1. The first-order valence-electron chi connectivity index (χ1n) is 3.50. The molecular weight excluding hydrogens is 235 g/mol. The molecule has 0 spiro atoms. The topological polar surface area (TPSA) is 99.1 Å². The third-order valence-corrected chi connectivity index (χ3v) is 2.43. The number of rotatable bonds is 2. The zero-order chi connectivity index (χ0) is 11.8. The predicted octanol–water partition coefficient (Wildman–Crippen LogP) is 0.388. The third-order valence-electron chi connectivity index (χ3n) is 1.56. The van der Waals surface area contributed by atoms with E-state index in [2.05, 4.69) is 10.1 Å². The molecule has 15 heavy (non-hydrogen) atoms. The molecule has 4 N–H and O–H groups in total. The number of sulfonamides is 1. The maximum absolute atomic E-state index is 12.8. The monoisotopic (exact) mass is 241 g/mol. The summed E-state index contributed by atoms with van der Waals surface area (Å²) in [4.78, 5) is 2.98. The smallest absolute Gasteiger partial charge is 0.268 e. The summed E-state index contributed by atoms with van der Waals surface area (Å²) >= 11 is 0. The normalized spacial score (nSPS) is 12.1. The van der Waals surface area contributed by atoms with Crippen molar-refractivity contribution in [2.45, 2.75) is 11.5 Å². The molecule has 1 aromatic rings. The van der Waals surface area contributed by atoms with E-state index in [0.717, 1.165) is 0 Å². The van der Waals surface area contributed by atoms with E-state index in [1.165, 1.54) is 0 Å². The van der Waals surface area contributed by atoms with E-state index >= 15 is 0 Å². The molecule has 0 unspecified atom stereocenters. The zero-order valence-corrected chi connectivity index (χ0v) is 7.93. The summed E-state index contributed by atoms with van der Waals surface area (Å²) in [7, 11) is -4.46. The van der Waals surface area contributed by atoms with E-state index in [9.17, 15) is 21.6 Å². The molecule has 0 aliphatic carbocycles. The van der Waals surface area contributed by atoms with Gasteiger partial charge < -0.3 is 5.73 Å². The molecule has 0 aliphatic heterocycles. The van der Waals surface area contributed by atoms with Crippen molar-refractivity contribution in [3.05, 3.63) is 17.6 Å². The van der Waals surface area contributed by atoms with E-state index in [1.807, 2.05) is 0 Å². The molecule has 0 aromatic carbocycles. The number of alkyl halides is 2. The second kappa shape index (κ2) is 3.66. The number of pyridine rings is 1. The number of halogens is 3. The highest BCUT2D eigenvalue weighted by Crippen LogP contribution is 2.30. The number of hydrogen-bond donors (Lipinski definition) is 2. The number of nitrogens with zero attached hydrogens (tertiary/aromatic N) is 1. The van der Waals surface area contributed by atoms with Gasteiger partial charge in [0, 0.05) is 0 Å². The van der Waals surface area contributed by atoms with E-state index < -0.39 is 38.5 Å². The second-order valence-corrected chi connectivity index (χ2v) is 4.06. The van der Waals surface area contributed by atoms with Crippen LogP contribution in [-0.2, 0) is 10.0 Å². The first-order chi connectivity index (χ1) is 6.75. The summed E-state index contributed by atoms with van der Waals surface area (Å²) in [6.45, 7) is 0. The maximum Gasteiger partial charge on any atom is 0.268 e. The van der Waals surface area contributed by atoms with Gasteiger partial charge >= 0.3 is 0 Å². The number of anilines is 1. The van der Waals surface area contributed by atoms with Gasteiger partial charge in [0.25, 0.3) is 16.4 Å². The van der Waals surface area contributed by atoms with Crippen LogP contribution in [0.1, 0.15) is 12.0 Å². The maximum atomic E-state index is 12.8. The molecule has 84 valence electrons. The van der Waals surface area contributed by atoms with Gasteiger partial charge in [-0.15, -0.1) is 0 Å². The van der Waals surface area contributed by atoms with Crippen molar-refractivity contribution in [2.24, 2.45) is 5.14 Å². The van der Waals surface area contributed by atoms with Crippen molar-refractivity contribution in [3.63, 3.8) is 0 Å². The fraction of sp³-hybridized carbons (Fsp3) is 0.167. The average Bonchev–Trinajstić information content (AvgIpc) is 2.06. The molecule has 0 bridgehead atoms. The first kappa shape index (κ1) is 11.7. The summed E-state index contributed by atoms with van der Waals surface area (Å²) in [5.41, 5.74) is 2.79. The Kier molecular flexibility index (Phi) is 2.86. The van der Waals surface area contributed by atoms with Crippen LogP contribution in [0.5, 0.6) is 0 Å². The van der Waals surface area contributed by atoms with Crippen molar-refractivity contribution >= 4 is 15.7 Å². The lowest BCUT2D eigenvalue weighted by molar-refractivity contribution is 0.147. The Balaban J connectivity index is 3.62. The van der Waals surface area contributed by atoms with Gasteiger partial charge in [0.15, 0.2) is 10.8 Å². The molecule has 1 aromatic heterocycles. The molecule has 5 nitrogen and oxygen atoms in total. The van der Waals surface area contributed by atoms with Crippen molar-refractivity contribution in [2.75, 3.05) is 5.73 Å². The first-order valence-corrected chi connectivity index (χ1v) is 5.04. The van der Waals surface area contributed by atoms with Gasteiger partial charge in [-0.05, 0) is 0 Å². The van der Waals surface area contributed by atoms with Crippen LogP contribution in [0.15, 0.2) is 11.2 Å². The van der Waals surface area contributed by atoms with Crippen molar-refractivity contribution in [1.82, 2.24) is 4.98 Å². The molecule has 0 radical (unpaired) electrons. The zero-order valence-electron chi connectivity index (χ0n) is 7.12. The van der Waals surface area contributed by atoms with Crippen LogP contribution >= 0.6 is 0 Å². The minimum absolute atomic E-state index is 0.418. The molecule has 0 saturated heterocycles. The number of aromatic nitrogens is 1. The molecule has 1 rings (SSSR count). The highest BCUT2D eigenvalue weighted by atomic mass is 32.2. The molecule has 0 atom stereocenters. The van der Waals surface area contributed by atoms with Gasteiger partial charge in [-0.2, -0.15) is 0 Å². The largest absolute Gasteiger partial charge is 0.396 e. The number of nitrogens with two attached hydrogens (primary N) is 2. The fourth-order valence-electron chi connectivity index (χ4n) is 0.936. The van der Waals surface area contributed by atoms with Crippen molar-refractivity contribution in [1.29, 1.82) is 0 Å². The second-order valence-electron chi connectivity index (χ2n) is 2.58. The minimum atomic E-state index is -4.46. The van der Waals surface area contributed by atoms with E-state index in [1.54, 1.807) is 0 Å². The van der Waals surface area contributed by atoms with Crippen LogP contribution < -0.4 is 10.9 Å². The summed E-state index contributed by atoms with van der Waals surface area (Å²) in [6, 6.07) is 0. The van der Waals surface area contributed by atoms with Crippen LogP contribution in [0.3, 0.4) is 0 Å². The van der Waals surface area contributed by atoms with Crippen LogP contribution in [0.4, 0.5) is 18.9 Å². The summed E-state index contributed by atoms with van der Waals surface area (Å²) < 4.78 is 59.2. The molecule has 0 fully saturated rings. The molecule has 0 saturated carbocycles. The van der Waals surface area contributed by atoms with E-state index in [0.29, 0.717) is 6.20 Å².